The molecule has 1 N–H and O–H groups in total. The van der Waals surface area contributed by atoms with Crippen molar-refractivity contribution in [2.24, 2.45) is 0 Å². The molecule has 212 valence electrons. The number of nitrogens with zero attached hydrogens (tertiary/aromatic N) is 2. The molecular weight excluding hydrogens is 597 g/mol. The lowest BCUT2D eigenvalue weighted by Crippen LogP contribution is -2.54. The number of halogens is 2. The zero-order valence-electron chi connectivity index (χ0n) is 22.3. The fourth-order valence-corrected chi connectivity index (χ4v) is 6.04. The molecule has 1 atom stereocenters. The third kappa shape index (κ3) is 8.14. The highest BCUT2D eigenvalue weighted by Crippen LogP contribution is 2.23. The summed E-state index contributed by atoms with van der Waals surface area (Å²) in [6, 6.07) is 20.8. The molecule has 2 amide bonds. The molecule has 0 unspecified atom stereocenters. The minimum absolute atomic E-state index is 0.00659. The van der Waals surface area contributed by atoms with Gasteiger partial charge in [0.05, 0.1) is 11.9 Å². The molecule has 40 heavy (non-hydrogen) atoms. The Kier molecular flexibility index (Phi) is 9.97. The number of nitrogens with one attached hydrogen (secondary N) is 1. The van der Waals surface area contributed by atoms with E-state index in [9.17, 15) is 22.4 Å². The first kappa shape index (κ1) is 29.7. The Morgan fingerprint density at radius 1 is 0.950 bits per heavy atom. The molecule has 3 aromatic carbocycles. The summed E-state index contributed by atoms with van der Waals surface area (Å²) in [5, 5.41) is 3.12. The van der Waals surface area contributed by atoms with E-state index in [-0.39, 0.29) is 24.9 Å². The molecule has 7 nitrogen and oxygen atoms in total. The first-order valence-corrected chi connectivity index (χ1v) is 15.9. The zero-order chi connectivity index (χ0) is 28.7. The largest absolute Gasteiger partial charge is 0.352 e. The van der Waals surface area contributed by atoms with Crippen LogP contribution in [0.25, 0.3) is 0 Å². The molecule has 1 fully saturated rings. The van der Waals surface area contributed by atoms with E-state index in [0.717, 1.165) is 46.3 Å². The van der Waals surface area contributed by atoms with Crippen molar-refractivity contribution in [3.8, 4) is 0 Å². The van der Waals surface area contributed by atoms with E-state index >= 15 is 0 Å². The molecule has 3 aromatic rings. The van der Waals surface area contributed by atoms with E-state index < -0.39 is 34.3 Å². The normalized spacial score (nSPS) is 14.5. The van der Waals surface area contributed by atoms with Crippen LogP contribution in [0.15, 0.2) is 83.3 Å². The maximum absolute atomic E-state index is 14.0. The summed E-state index contributed by atoms with van der Waals surface area (Å²) in [5.41, 5.74) is 1.81. The van der Waals surface area contributed by atoms with Crippen molar-refractivity contribution in [1.82, 2.24) is 10.2 Å². The van der Waals surface area contributed by atoms with E-state index in [4.69, 9.17) is 0 Å². The maximum Gasteiger partial charge on any atom is 0.244 e. The summed E-state index contributed by atoms with van der Waals surface area (Å²) in [6.07, 6.45) is 5.10. The Bertz CT molecular complexity index is 1400. The first-order valence-electron chi connectivity index (χ1n) is 13.2. The van der Waals surface area contributed by atoms with E-state index in [0.29, 0.717) is 11.3 Å². The lowest BCUT2D eigenvalue weighted by Gasteiger charge is -2.34. The van der Waals surface area contributed by atoms with Gasteiger partial charge in [0, 0.05) is 23.5 Å². The Morgan fingerprint density at radius 2 is 1.57 bits per heavy atom. The highest BCUT2D eigenvalue weighted by atomic mass is 79.9. The number of sulfonamides is 1. The van der Waals surface area contributed by atoms with Gasteiger partial charge in [-0.05, 0) is 60.4 Å². The van der Waals surface area contributed by atoms with E-state index in [2.05, 4.69) is 21.2 Å². The van der Waals surface area contributed by atoms with Crippen LogP contribution in [0.2, 0.25) is 0 Å². The standard InChI is InChI=1S/C30H33BrFN3O4S/c1-40(38,39)35(27-17-13-24(31)14-18-27)21-29(36)34(20-23-11-15-25(32)16-12-23)28(19-22-7-3-2-4-8-22)30(37)33-26-9-5-6-10-26/h2-4,7-8,11-18,26,28H,5-6,9-10,19-21H2,1H3,(H,33,37)/t28-/m0/s1. The number of rotatable bonds is 11. The minimum Gasteiger partial charge on any atom is -0.352 e. The molecule has 0 heterocycles. The Balaban J connectivity index is 1.71. The highest BCUT2D eigenvalue weighted by molar-refractivity contribution is 9.10. The molecule has 0 bridgehead atoms. The fourth-order valence-electron chi connectivity index (χ4n) is 4.93. The van der Waals surface area contributed by atoms with Crippen molar-refractivity contribution in [3.63, 3.8) is 0 Å². The number of amides is 2. The van der Waals surface area contributed by atoms with Crippen LogP contribution in [0.1, 0.15) is 36.8 Å². The summed E-state index contributed by atoms with van der Waals surface area (Å²) in [6.45, 7) is -0.490. The maximum atomic E-state index is 14.0. The number of carbonyl (C=O) groups is 2. The monoisotopic (exact) mass is 629 g/mol. The van der Waals surface area contributed by atoms with Crippen LogP contribution in [-0.4, -0.2) is 50.0 Å². The molecular formula is C30H33BrFN3O4S. The zero-order valence-corrected chi connectivity index (χ0v) is 24.7. The van der Waals surface area contributed by atoms with Crippen molar-refractivity contribution < 1.29 is 22.4 Å². The smallest absolute Gasteiger partial charge is 0.244 e. The van der Waals surface area contributed by atoms with Crippen molar-refractivity contribution in [2.75, 3.05) is 17.1 Å². The molecule has 1 aliphatic carbocycles. The molecule has 1 saturated carbocycles. The molecule has 10 heteroatoms. The topological polar surface area (TPSA) is 86.8 Å². The lowest BCUT2D eigenvalue weighted by molar-refractivity contribution is -0.140. The van der Waals surface area contributed by atoms with Gasteiger partial charge in [-0.2, -0.15) is 0 Å². The second-order valence-corrected chi connectivity index (χ2v) is 12.9. The summed E-state index contributed by atoms with van der Waals surface area (Å²) in [5.74, 6) is -1.25. The summed E-state index contributed by atoms with van der Waals surface area (Å²) in [4.78, 5) is 29.2. The SMILES string of the molecule is CS(=O)(=O)N(CC(=O)N(Cc1ccc(F)cc1)[C@@H](Cc1ccccc1)C(=O)NC1CCCC1)c1ccc(Br)cc1. The van der Waals surface area contributed by atoms with Crippen LogP contribution >= 0.6 is 15.9 Å². The van der Waals surface area contributed by atoms with Gasteiger partial charge < -0.3 is 10.2 Å². The van der Waals surface area contributed by atoms with Crippen LogP contribution < -0.4 is 9.62 Å². The fraction of sp³-hybridized carbons (Fsp3) is 0.333. The van der Waals surface area contributed by atoms with Gasteiger partial charge in [-0.15, -0.1) is 0 Å². The van der Waals surface area contributed by atoms with E-state index in [1.54, 1.807) is 36.4 Å². The third-order valence-electron chi connectivity index (χ3n) is 7.03. The van der Waals surface area contributed by atoms with Crippen molar-refractivity contribution >= 4 is 43.5 Å². The van der Waals surface area contributed by atoms with Gasteiger partial charge in [0.1, 0.15) is 18.4 Å². The van der Waals surface area contributed by atoms with Gasteiger partial charge >= 0.3 is 0 Å². The first-order chi connectivity index (χ1) is 19.1. The van der Waals surface area contributed by atoms with Crippen LogP contribution in [0.5, 0.6) is 0 Å². The van der Waals surface area contributed by atoms with Gasteiger partial charge in [0.15, 0.2) is 0 Å². The molecule has 1 aliphatic rings. The number of anilines is 1. The van der Waals surface area contributed by atoms with E-state index in [1.807, 2.05) is 30.3 Å². The van der Waals surface area contributed by atoms with Crippen LogP contribution in [0.4, 0.5) is 10.1 Å². The predicted octanol–water partition coefficient (Wildman–Crippen LogP) is 5.05. The Hall–Kier alpha value is -3.24. The van der Waals surface area contributed by atoms with E-state index in [1.165, 1.54) is 17.0 Å². The highest BCUT2D eigenvalue weighted by Gasteiger charge is 2.34. The number of carbonyl (C=O) groups excluding carboxylic acids is 2. The van der Waals surface area contributed by atoms with Gasteiger partial charge in [0.2, 0.25) is 21.8 Å². The van der Waals surface area contributed by atoms with Crippen LogP contribution in [0, 0.1) is 5.82 Å². The molecule has 0 spiro atoms. The summed E-state index contributed by atoms with van der Waals surface area (Å²) < 4.78 is 41.1. The number of benzene rings is 3. The molecule has 4 rings (SSSR count). The van der Waals surface area contributed by atoms with Gasteiger partial charge in [-0.25, -0.2) is 12.8 Å². The van der Waals surface area contributed by atoms with Crippen LogP contribution in [0.3, 0.4) is 0 Å². The predicted molar refractivity (Wildman–Crippen MR) is 158 cm³/mol. The second kappa shape index (κ2) is 13.4. The minimum atomic E-state index is -3.84. The summed E-state index contributed by atoms with van der Waals surface area (Å²) >= 11 is 3.35. The molecule has 0 aromatic heterocycles. The average molecular weight is 631 g/mol. The van der Waals surface area contributed by atoms with Gasteiger partial charge in [-0.1, -0.05) is 71.2 Å². The Labute approximate surface area is 243 Å². The quantitative estimate of drug-likeness (QED) is 0.321. The number of hydrogen-bond acceptors (Lipinski definition) is 4. The van der Waals surface area contributed by atoms with Gasteiger partial charge in [0.25, 0.3) is 0 Å². The lowest BCUT2D eigenvalue weighted by atomic mass is 10.0. The summed E-state index contributed by atoms with van der Waals surface area (Å²) in [7, 11) is -3.84. The van der Waals surface area contributed by atoms with Gasteiger partial charge in [-0.3, -0.25) is 13.9 Å². The van der Waals surface area contributed by atoms with Crippen LogP contribution in [-0.2, 0) is 32.6 Å². The molecule has 0 saturated heterocycles. The Morgan fingerprint density at radius 3 is 2.17 bits per heavy atom. The van der Waals surface area contributed by atoms with Crippen molar-refractivity contribution in [2.45, 2.75) is 50.7 Å². The second-order valence-electron chi connectivity index (χ2n) is 10.1. The average Bonchev–Trinajstić information content (AvgIpc) is 3.44. The third-order valence-corrected chi connectivity index (χ3v) is 8.70. The molecule has 0 aliphatic heterocycles. The van der Waals surface area contributed by atoms with Crippen molar-refractivity contribution in [1.29, 1.82) is 0 Å². The van der Waals surface area contributed by atoms with Crippen molar-refractivity contribution in [3.05, 3.63) is 100 Å². The number of hydrogen-bond donors (Lipinski definition) is 1. The molecule has 0 radical (unpaired) electrons.